The van der Waals surface area contributed by atoms with Crippen molar-refractivity contribution >= 4 is 28.2 Å². The summed E-state index contributed by atoms with van der Waals surface area (Å²) in [7, 11) is -2.70. The second kappa shape index (κ2) is 6.40. The summed E-state index contributed by atoms with van der Waals surface area (Å²) in [5, 5.41) is 0. The maximum Gasteiger partial charge on any atom is 1.00 e. The van der Waals surface area contributed by atoms with E-state index in [-0.39, 0.29) is 43.4 Å². The van der Waals surface area contributed by atoms with Gasteiger partial charge in [-0.25, -0.2) is 4.31 Å². The van der Waals surface area contributed by atoms with Crippen molar-refractivity contribution in [1.29, 1.82) is 0 Å². The van der Waals surface area contributed by atoms with Crippen molar-refractivity contribution in [3.63, 3.8) is 0 Å². The van der Waals surface area contributed by atoms with Crippen molar-refractivity contribution in [2.45, 2.75) is 18.5 Å². The van der Waals surface area contributed by atoms with Crippen LogP contribution in [0.25, 0.3) is 6.08 Å². The van der Waals surface area contributed by atoms with Crippen molar-refractivity contribution in [3.8, 4) is 0 Å². The molecule has 8 nitrogen and oxygen atoms in total. The molecule has 2 atom stereocenters. The monoisotopic (exact) mass is 349 g/mol. The zero-order chi connectivity index (χ0) is 16.1. The number of nitrogens with zero attached hydrogens (tertiary/aromatic N) is 3. The van der Waals surface area contributed by atoms with Gasteiger partial charge in [-0.3, -0.25) is 14.1 Å². The van der Waals surface area contributed by atoms with E-state index in [2.05, 4.69) is 0 Å². The van der Waals surface area contributed by atoms with Crippen molar-refractivity contribution in [2.24, 2.45) is 7.05 Å². The van der Waals surface area contributed by atoms with E-state index in [9.17, 15) is 18.0 Å². The van der Waals surface area contributed by atoms with Crippen LogP contribution in [-0.4, -0.2) is 57.2 Å². The molecule has 0 spiro atoms. The molecule has 23 heavy (non-hydrogen) atoms. The van der Waals surface area contributed by atoms with Gasteiger partial charge in [0, 0.05) is 31.6 Å². The quantitative estimate of drug-likeness (QED) is 0.268. The van der Waals surface area contributed by atoms with Crippen LogP contribution in [0.1, 0.15) is 13.5 Å². The Hall–Kier alpha value is -1.13. The van der Waals surface area contributed by atoms with Crippen molar-refractivity contribution in [3.05, 3.63) is 30.1 Å². The molecule has 0 unspecified atom stereocenters. The number of carbonyl (C=O) groups is 2. The van der Waals surface area contributed by atoms with Crippen LogP contribution in [-0.2, 0) is 26.9 Å². The molecule has 2 saturated heterocycles. The predicted octanol–water partition coefficient (Wildman–Crippen LogP) is -3.23. The largest absolute Gasteiger partial charge is 1.00 e. The Bertz CT molecular complexity index is 778. The molecule has 0 radical (unpaired) electrons. The number of carbonyl (C=O) groups excluding carboxylic acids is 2. The Labute approximate surface area is 157 Å². The summed E-state index contributed by atoms with van der Waals surface area (Å²) in [5.74, 6) is -1.11. The number of β-lactam (4-membered cyclic amide) rings is 1. The maximum absolute atomic E-state index is 12.2. The van der Waals surface area contributed by atoms with Crippen molar-refractivity contribution < 1.29 is 53.5 Å². The first-order valence-corrected chi connectivity index (χ1v) is 8.11. The normalized spacial score (nSPS) is 23.7. The van der Waals surface area contributed by atoms with E-state index in [0.717, 1.165) is 5.69 Å². The van der Waals surface area contributed by atoms with Crippen LogP contribution in [0.2, 0.25) is 0 Å². The number of rotatable bonds is 3. The molecule has 120 valence electrons. The second-order valence-electron chi connectivity index (χ2n) is 5.32. The van der Waals surface area contributed by atoms with Gasteiger partial charge < -0.3 is 10.9 Å². The Morgan fingerprint density at radius 2 is 2.17 bits per heavy atom. The SMILES string of the molecule is Cn1cccc1/C=C/C(=O)N1CC[C@@H]2[C@H]1C(=O)N2S(=O)(=O)O.[H-].[Na+]. The molecule has 3 rings (SSSR count). The van der Waals surface area contributed by atoms with E-state index in [1.165, 1.54) is 11.0 Å². The molecule has 10 heteroatoms. The molecule has 0 aromatic carbocycles. The summed E-state index contributed by atoms with van der Waals surface area (Å²) >= 11 is 0. The van der Waals surface area contributed by atoms with Crippen molar-refractivity contribution in [1.82, 2.24) is 13.8 Å². The van der Waals surface area contributed by atoms with Gasteiger partial charge in [-0.1, -0.05) is 0 Å². The van der Waals surface area contributed by atoms with Crippen LogP contribution in [0.4, 0.5) is 0 Å². The van der Waals surface area contributed by atoms with E-state index < -0.39 is 28.3 Å². The van der Waals surface area contributed by atoms with Crippen molar-refractivity contribution in [2.75, 3.05) is 6.54 Å². The van der Waals surface area contributed by atoms with E-state index in [1.807, 2.05) is 29.9 Å². The van der Waals surface area contributed by atoms with Gasteiger partial charge in [0.15, 0.2) is 0 Å². The third-order valence-corrected chi connectivity index (χ3v) is 5.00. The van der Waals surface area contributed by atoms with Gasteiger partial charge in [0.05, 0.1) is 6.04 Å². The van der Waals surface area contributed by atoms with E-state index in [1.54, 1.807) is 6.08 Å². The standard InChI is InChI=1S/C13H15N3O5S.Na.H/c1-14-7-2-3-9(14)4-5-11(17)15-8-6-10-12(15)13(18)16(10)22(19,20)21;;/h2-5,7,10,12H,6,8H2,1H3,(H,19,20,21);;/q;+1;-1/b5-4+;;/t10-,12+;;/m1../s1. The molecular weight excluding hydrogens is 333 g/mol. The third kappa shape index (κ3) is 3.11. The van der Waals surface area contributed by atoms with E-state index in [4.69, 9.17) is 4.55 Å². The molecule has 1 aromatic rings. The topological polar surface area (TPSA) is 99.9 Å². The van der Waals surface area contributed by atoms with Gasteiger partial charge in [0.1, 0.15) is 6.04 Å². The van der Waals surface area contributed by atoms with Gasteiger partial charge in [-0.05, 0) is 24.6 Å². The maximum atomic E-state index is 12.2. The zero-order valence-electron chi connectivity index (χ0n) is 13.8. The summed E-state index contributed by atoms with van der Waals surface area (Å²) < 4.78 is 33.5. The molecule has 2 fully saturated rings. The molecule has 0 bridgehead atoms. The van der Waals surface area contributed by atoms with Gasteiger partial charge in [-0.15, -0.1) is 0 Å². The molecule has 1 aromatic heterocycles. The fourth-order valence-electron chi connectivity index (χ4n) is 2.96. The molecule has 0 saturated carbocycles. The van der Waals surface area contributed by atoms with Crippen LogP contribution < -0.4 is 29.6 Å². The summed E-state index contributed by atoms with van der Waals surface area (Å²) in [4.78, 5) is 25.4. The van der Waals surface area contributed by atoms with Crippen LogP contribution in [0.5, 0.6) is 0 Å². The Balaban J connectivity index is 0.00000144. The van der Waals surface area contributed by atoms with Gasteiger partial charge in [0.2, 0.25) is 5.91 Å². The van der Waals surface area contributed by atoms with Crippen LogP contribution in [0, 0.1) is 0 Å². The third-order valence-electron chi connectivity index (χ3n) is 4.05. The van der Waals surface area contributed by atoms with Gasteiger partial charge in [-0.2, -0.15) is 8.42 Å². The Kier molecular flexibility index (Phi) is 5.07. The van der Waals surface area contributed by atoms with Crippen LogP contribution in [0.3, 0.4) is 0 Å². The predicted molar refractivity (Wildman–Crippen MR) is 77.9 cm³/mol. The molecule has 2 aliphatic rings. The smallest absolute Gasteiger partial charge is 1.00 e. The minimum absolute atomic E-state index is 0. The number of fused-ring (bicyclic) bond motifs is 1. The molecule has 3 heterocycles. The molecule has 2 aliphatic heterocycles. The van der Waals surface area contributed by atoms with Gasteiger partial charge >= 0.3 is 39.9 Å². The number of hydrogen-bond acceptors (Lipinski definition) is 4. The summed E-state index contributed by atoms with van der Waals surface area (Å²) in [5.41, 5.74) is 0.837. The average Bonchev–Trinajstić information content (AvgIpc) is 2.98. The fraction of sp³-hybridized carbons (Fsp3) is 0.385. The number of aromatic nitrogens is 1. The zero-order valence-corrected chi connectivity index (χ0v) is 15.6. The second-order valence-corrected chi connectivity index (χ2v) is 6.61. The Morgan fingerprint density at radius 1 is 1.48 bits per heavy atom. The summed E-state index contributed by atoms with van der Waals surface area (Å²) in [6.07, 6.45) is 5.18. The molecule has 1 N–H and O–H groups in total. The Morgan fingerprint density at radius 3 is 2.74 bits per heavy atom. The number of amides is 2. The molecular formula is C13H16N3NaO5S. The van der Waals surface area contributed by atoms with E-state index in [0.29, 0.717) is 10.7 Å². The summed E-state index contributed by atoms with van der Waals surface area (Å²) in [6, 6.07) is 2.23. The number of likely N-dealkylation sites (tertiary alicyclic amines) is 1. The number of hydrogen-bond donors (Lipinski definition) is 1. The number of aryl methyl sites for hydroxylation is 1. The van der Waals surface area contributed by atoms with Crippen LogP contribution >= 0.6 is 0 Å². The van der Waals surface area contributed by atoms with Crippen LogP contribution in [0.15, 0.2) is 24.4 Å². The summed E-state index contributed by atoms with van der Waals surface area (Å²) in [6.45, 7) is 0.281. The minimum Gasteiger partial charge on any atom is -1.00 e. The fourth-order valence-corrected chi connectivity index (χ4v) is 3.86. The molecule has 2 amide bonds. The van der Waals surface area contributed by atoms with Gasteiger partial charge in [0.25, 0.3) is 5.91 Å². The average molecular weight is 349 g/mol. The first-order chi connectivity index (χ1) is 10.3. The van der Waals surface area contributed by atoms with E-state index >= 15 is 0 Å². The first-order valence-electron chi connectivity index (χ1n) is 6.71. The molecule has 0 aliphatic carbocycles. The first kappa shape index (κ1) is 18.2. The minimum atomic E-state index is -4.55.